The van der Waals surface area contributed by atoms with E-state index in [1.165, 1.54) is 21.8 Å². The van der Waals surface area contributed by atoms with Crippen molar-refractivity contribution >= 4 is 21.8 Å². The maximum Gasteiger partial charge on any atom is 0.0453 e. The Morgan fingerprint density at radius 1 is 0.500 bits per heavy atom. The summed E-state index contributed by atoms with van der Waals surface area (Å²) in [5.74, 6) is 0. The van der Waals surface area contributed by atoms with Crippen LogP contribution < -0.4 is 0 Å². The predicted molar refractivity (Wildman–Crippen MR) is 98.6 cm³/mol. The molecule has 4 heteroatoms. The molecule has 0 aliphatic carbocycles. The SMILES string of the molecule is c1ccc2[nH]ccc2c1.c1ccc2[nH]ccc2c1.c1cnccn1. The molecule has 0 spiro atoms. The number of aromatic amines is 2. The molecule has 0 amide bonds. The number of benzene rings is 2. The molecule has 3 heterocycles. The molecule has 24 heavy (non-hydrogen) atoms. The van der Waals surface area contributed by atoms with Crippen LogP contribution in [0, 0.1) is 0 Å². The normalized spacial score (nSPS) is 9.67. The molecule has 3 aromatic heterocycles. The van der Waals surface area contributed by atoms with Crippen molar-refractivity contribution in [3.05, 3.63) is 97.8 Å². The van der Waals surface area contributed by atoms with E-state index < -0.39 is 0 Å². The fourth-order valence-electron chi connectivity index (χ4n) is 2.24. The average Bonchev–Trinajstić information content (AvgIpc) is 3.33. The number of para-hydroxylation sites is 2. The second kappa shape index (κ2) is 8.29. The van der Waals surface area contributed by atoms with Crippen LogP contribution in [0.25, 0.3) is 21.8 Å². The zero-order valence-corrected chi connectivity index (χ0v) is 13.1. The van der Waals surface area contributed by atoms with Gasteiger partial charge in [0, 0.05) is 48.2 Å². The lowest BCUT2D eigenvalue weighted by molar-refractivity contribution is 1.20. The summed E-state index contributed by atoms with van der Waals surface area (Å²) in [6, 6.07) is 20.6. The van der Waals surface area contributed by atoms with Crippen molar-refractivity contribution in [3.8, 4) is 0 Å². The Labute approximate surface area is 140 Å². The number of hydrogen-bond acceptors (Lipinski definition) is 2. The molecule has 5 rings (SSSR count). The van der Waals surface area contributed by atoms with Crippen LogP contribution in [-0.2, 0) is 0 Å². The first kappa shape index (κ1) is 15.5. The summed E-state index contributed by atoms with van der Waals surface area (Å²) in [7, 11) is 0. The highest BCUT2D eigenvalue weighted by molar-refractivity contribution is 5.79. The van der Waals surface area contributed by atoms with Crippen LogP contribution >= 0.6 is 0 Å². The Morgan fingerprint density at radius 2 is 0.917 bits per heavy atom. The summed E-state index contributed by atoms with van der Waals surface area (Å²) in [5, 5.41) is 2.55. The molecule has 2 N–H and O–H groups in total. The zero-order valence-electron chi connectivity index (χ0n) is 13.1. The first-order valence-electron chi connectivity index (χ1n) is 7.68. The lowest BCUT2D eigenvalue weighted by atomic mass is 10.3. The van der Waals surface area contributed by atoms with Crippen LogP contribution in [0.2, 0.25) is 0 Å². The molecular formula is C20H18N4. The molecule has 0 unspecified atom stereocenters. The zero-order chi connectivity index (χ0) is 16.5. The number of hydrogen-bond donors (Lipinski definition) is 2. The number of H-pyrrole nitrogens is 2. The molecule has 4 nitrogen and oxygen atoms in total. The molecule has 0 bridgehead atoms. The smallest absolute Gasteiger partial charge is 0.0453 e. The molecule has 118 valence electrons. The largest absolute Gasteiger partial charge is 0.361 e. The van der Waals surface area contributed by atoms with Gasteiger partial charge in [-0.05, 0) is 35.0 Å². The van der Waals surface area contributed by atoms with Crippen LogP contribution in [0.1, 0.15) is 0 Å². The highest BCUT2D eigenvalue weighted by atomic mass is 14.7. The quantitative estimate of drug-likeness (QED) is 0.431. The highest BCUT2D eigenvalue weighted by Gasteiger charge is 1.87. The summed E-state index contributed by atoms with van der Waals surface area (Å²) in [5.41, 5.74) is 2.41. The van der Waals surface area contributed by atoms with E-state index in [0.29, 0.717) is 0 Å². The Kier molecular flexibility index (Phi) is 5.35. The highest BCUT2D eigenvalue weighted by Crippen LogP contribution is 2.09. The Balaban J connectivity index is 0.000000108. The maximum atomic E-state index is 3.72. The van der Waals surface area contributed by atoms with Crippen LogP contribution in [0.15, 0.2) is 97.8 Å². The first-order chi connectivity index (χ1) is 11.9. The van der Waals surface area contributed by atoms with Crippen LogP contribution in [0.4, 0.5) is 0 Å². The second-order valence-electron chi connectivity index (χ2n) is 5.02. The van der Waals surface area contributed by atoms with E-state index in [-0.39, 0.29) is 0 Å². The molecule has 0 atom stereocenters. The summed E-state index contributed by atoms with van der Waals surface area (Å²) < 4.78 is 0. The molecule has 0 aliphatic heterocycles. The summed E-state index contributed by atoms with van der Waals surface area (Å²) >= 11 is 0. The van der Waals surface area contributed by atoms with Crippen molar-refractivity contribution in [3.63, 3.8) is 0 Å². The van der Waals surface area contributed by atoms with Gasteiger partial charge >= 0.3 is 0 Å². The number of nitrogens with zero attached hydrogens (tertiary/aromatic N) is 2. The molecule has 0 aliphatic rings. The summed E-state index contributed by atoms with van der Waals surface area (Å²) in [4.78, 5) is 13.7. The Bertz CT molecular complexity index is 817. The lowest BCUT2D eigenvalue weighted by Crippen LogP contribution is -1.66. The second-order valence-corrected chi connectivity index (χ2v) is 5.02. The average molecular weight is 314 g/mol. The Hall–Kier alpha value is -3.40. The van der Waals surface area contributed by atoms with E-state index >= 15 is 0 Å². The number of nitrogens with one attached hydrogen (secondary N) is 2. The van der Waals surface area contributed by atoms with Crippen molar-refractivity contribution in [1.29, 1.82) is 0 Å². The van der Waals surface area contributed by atoms with Crippen molar-refractivity contribution in [1.82, 2.24) is 19.9 Å². The van der Waals surface area contributed by atoms with E-state index in [0.717, 1.165) is 0 Å². The molecule has 0 saturated heterocycles. The fraction of sp³-hybridized carbons (Fsp3) is 0. The molecule has 2 aromatic carbocycles. The Morgan fingerprint density at radius 3 is 1.29 bits per heavy atom. The third kappa shape index (κ3) is 4.30. The summed E-state index contributed by atoms with van der Waals surface area (Å²) in [6.45, 7) is 0. The molecule has 0 fully saturated rings. The minimum absolute atomic E-state index is 1.21. The minimum Gasteiger partial charge on any atom is -0.361 e. The summed E-state index contributed by atoms with van der Waals surface area (Å²) in [6.07, 6.45) is 10.5. The van der Waals surface area contributed by atoms with E-state index in [4.69, 9.17) is 0 Å². The predicted octanol–water partition coefficient (Wildman–Crippen LogP) is 4.81. The standard InChI is InChI=1S/2C8H7N.C4H4N2/c2*1-2-4-8-7(3-1)5-6-9-8;1-2-6-4-3-5-1/h2*1-6,9H;1-4H. The molecule has 0 radical (unpaired) electrons. The van der Waals surface area contributed by atoms with Gasteiger partial charge in [0.25, 0.3) is 0 Å². The maximum absolute atomic E-state index is 3.72. The van der Waals surface area contributed by atoms with Crippen molar-refractivity contribution < 1.29 is 0 Å². The fourth-order valence-corrected chi connectivity index (χ4v) is 2.24. The molecular weight excluding hydrogens is 296 g/mol. The van der Waals surface area contributed by atoms with Gasteiger partial charge in [0.05, 0.1) is 0 Å². The number of fused-ring (bicyclic) bond motifs is 2. The van der Waals surface area contributed by atoms with E-state index in [1.54, 1.807) is 24.8 Å². The number of rotatable bonds is 0. The van der Waals surface area contributed by atoms with Gasteiger partial charge in [-0.15, -0.1) is 0 Å². The van der Waals surface area contributed by atoms with Gasteiger partial charge in [0.2, 0.25) is 0 Å². The third-order valence-corrected chi connectivity index (χ3v) is 3.40. The van der Waals surface area contributed by atoms with Crippen LogP contribution in [-0.4, -0.2) is 19.9 Å². The molecule has 0 saturated carbocycles. The van der Waals surface area contributed by atoms with Gasteiger partial charge in [-0.1, -0.05) is 36.4 Å². The molecule has 5 aromatic rings. The van der Waals surface area contributed by atoms with Crippen molar-refractivity contribution in [2.45, 2.75) is 0 Å². The van der Waals surface area contributed by atoms with E-state index in [2.05, 4.69) is 56.3 Å². The van der Waals surface area contributed by atoms with Gasteiger partial charge in [0.15, 0.2) is 0 Å². The van der Waals surface area contributed by atoms with Gasteiger partial charge in [-0.3, -0.25) is 9.97 Å². The minimum atomic E-state index is 1.21. The van der Waals surface area contributed by atoms with E-state index in [9.17, 15) is 0 Å². The lowest BCUT2D eigenvalue weighted by Gasteiger charge is -1.83. The van der Waals surface area contributed by atoms with Gasteiger partial charge in [0.1, 0.15) is 0 Å². The van der Waals surface area contributed by atoms with Gasteiger partial charge < -0.3 is 9.97 Å². The monoisotopic (exact) mass is 314 g/mol. The van der Waals surface area contributed by atoms with Crippen molar-refractivity contribution in [2.75, 3.05) is 0 Å². The van der Waals surface area contributed by atoms with Gasteiger partial charge in [-0.25, -0.2) is 0 Å². The van der Waals surface area contributed by atoms with Crippen LogP contribution in [0.3, 0.4) is 0 Å². The van der Waals surface area contributed by atoms with Gasteiger partial charge in [-0.2, -0.15) is 0 Å². The van der Waals surface area contributed by atoms with Crippen molar-refractivity contribution in [2.24, 2.45) is 0 Å². The van der Waals surface area contributed by atoms with Crippen LogP contribution in [0.5, 0.6) is 0 Å². The van der Waals surface area contributed by atoms with E-state index in [1.807, 2.05) is 36.7 Å². The number of aromatic nitrogens is 4. The first-order valence-corrected chi connectivity index (χ1v) is 7.68. The third-order valence-electron chi connectivity index (χ3n) is 3.40. The topological polar surface area (TPSA) is 57.4 Å².